The van der Waals surface area contributed by atoms with Crippen molar-refractivity contribution in [2.24, 2.45) is 0 Å². The van der Waals surface area contributed by atoms with Gasteiger partial charge >= 0.3 is 0 Å². The Morgan fingerprint density at radius 3 is 2.50 bits per heavy atom. The summed E-state index contributed by atoms with van der Waals surface area (Å²) in [7, 11) is -3.38. The van der Waals surface area contributed by atoms with Crippen LogP contribution in [-0.2, 0) is 10.0 Å². The Hall–Kier alpha value is -2.00. The van der Waals surface area contributed by atoms with Gasteiger partial charge in [0.05, 0.1) is 23.2 Å². The van der Waals surface area contributed by atoms with Crippen LogP contribution in [0.5, 0.6) is 0 Å². The van der Waals surface area contributed by atoms with Crippen LogP contribution in [-0.4, -0.2) is 74.3 Å². The van der Waals surface area contributed by atoms with E-state index in [1.54, 1.807) is 6.07 Å². The smallest absolute Gasteiger partial charge is 0.229 e. The van der Waals surface area contributed by atoms with E-state index in [9.17, 15) is 8.42 Å². The number of aromatic nitrogens is 1. The average molecular weight is 553 g/mol. The first-order valence-corrected chi connectivity index (χ1v) is 15.0. The van der Waals surface area contributed by atoms with Crippen molar-refractivity contribution in [3.63, 3.8) is 0 Å². The van der Waals surface area contributed by atoms with Crippen LogP contribution in [0.3, 0.4) is 0 Å². The Kier molecular flexibility index (Phi) is 8.39. The van der Waals surface area contributed by atoms with Crippen molar-refractivity contribution < 1.29 is 8.42 Å². The molecule has 0 bridgehead atoms. The lowest BCUT2D eigenvalue weighted by Crippen LogP contribution is -2.58. The van der Waals surface area contributed by atoms with Crippen LogP contribution in [0.25, 0.3) is 5.70 Å². The van der Waals surface area contributed by atoms with E-state index >= 15 is 0 Å². The van der Waals surface area contributed by atoms with E-state index in [-0.39, 0.29) is 0 Å². The molecule has 196 valence electrons. The highest BCUT2D eigenvalue weighted by molar-refractivity contribution is 7.92. The van der Waals surface area contributed by atoms with E-state index in [1.807, 2.05) is 12.1 Å². The maximum Gasteiger partial charge on any atom is 0.229 e. The summed E-state index contributed by atoms with van der Waals surface area (Å²) in [4.78, 5) is 11.8. The van der Waals surface area contributed by atoms with Crippen molar-refractivity contribution in [2.45, 2.75) is 45.2 Å². The zero-order valence-corrected chi connectivity index (χ0v) is 23.5. The van der Waals surface area contributed by atoms with Crippen LogP contribution in [0.2, 0.25) is 10.0 Å². The summed E-state index contributed by atoms with van der Waals surface area (Å²) < 4.78 is 25.5. The average Bonchev–Trinajstić information content (AvgIpc) is 2.82. The number of sulfonamides is 1. The van der Waals surface area contributed by atoms with Crippen LogP contribution < -0.4 is 9.62 Å². The van der Waals surface area contributed by atoms with Crippen LogP contribution >= 0.6 is 23.2 Å². The summed E-state index contributed by atoms with van der Waals surface area (Å²) in [5.74, 6) is 0.707. The summed E-state index contributed by atoms with van der Waals surface area (Å²) in [6, 6.07) is 8.58. The minimum Gasteiger partial charge on any atom is -0.371 e. The highest BCUT2D eigenvalue weighted by atomic mass is 35.5. The first-order valence-electron chi connectivity index (χ1n) is 12.4. The van der Waals surface area contributed by atoms with E-state index < -0.39 is 10.0 Å². The molecular weight excluding hydrogens is 517 g/mol. The SMILES string of the molecule is C=C(c1ccc(Cl)cc1C)N1CCC(N2CCN(c3ncc(NS(C)(=O)=O)cc3Cl)C[C@@H]2CC)CC1. The number of benzene rings is 1. The number of likely N-dealkylation sites (tertiary alicyclic amines) is 1. The molecule has 0 aliphatic carbocycles. The van der Waals surface area contributed by atoms with Crippen molar-refractivity contribution in [3.8, 4) is 0 Å². The fourth-order valence-corrected chi connectivity index (χ4v) is 6.48. The molecule has 7 nitrogen and oxygen atoms in total. The van der Waals surface area contributed by atoms with Crippen molar-refractivity contribution in [3.05, 3.63) is 58.2 Å². The molecule has 2 saturated heterocycles. The number of hydrogen-bond donors (Lipinski definition) is 1. The molecule has 2 aromatic rings. The lowest BCUT2D eigenvalue weighted by Gasteiger charge is -2.48. The van der Waals surface area contributed by atoms with Gasteiger partial charge in [0, 0.05) is 61.1 Å². The Bertz CT molecular complexity index is 1210. The topological polar surface area (TPSA) is 68.8 Å². The van der Waals surface area contributed by atoms with Gasteiger partial charge in [-0.25, -0.2) is 13.4 Å². The molecule has 2 aliphatic rings. The predicted octanol–water partition coefficient (Wildman–Crippen LogP) is 5.10. The van der Waals surface area contributed by atoms with Gasteiger partial charge in [-0.15, -0.1) is 0 Å². The van der Waals surface area contributed by atoms with Gasteiger partial charge < -0.3 is 9.80 Å². The molecule has 2 aliphatic heterocycles. The Morgan fingerprint density at radius 1 is 1.17 bits per heavy atom. The molecule has 3 heterocycles. The first-order chi connectivity index (χ1) is 17.1. The Labute approximate surface area is 225 Å². The fraction of sp³-hybridized carbons (Fsp3) is 0.500. The molecule has 1 atom stereocenters. The predicted molar refractivity (Wildman–Crippen MR) is 151 cm³/mol. The third kappa shape index (κ3) is 6.28. The van der Waals surface area contributed by atoms with Crippen LogP contribution in [0.15, 0.2) is 37.0 Å². The number of piperazine rings is 1. The monoisotopic (exact) mass is 551 g/mol. The molecule has 0 amide bonds. The largest absolute Gasteiger partial charge is 0.371 e. The highest BCUT2D eigenvalue weighted by Gasteiger charge is 2.34. The van der Waals surface area contributed by atoms with Crippen molar-refractivity contribution in [1.29, 1.82) is 0 Å². The van der Waals surface area contributed by atoms with Gasteiger partial charge in [0.1, 0.15) is 5.82 Å². The first kappa shape index (κ1) is 27.0. The third-order valence-electron chi connectivity index (χ3n) is 7.24. The quantitative estimate of drug-likeness (QED) is 0.516. The van der Waals surface area contributed by atoms with Gasteiger partial charge in [0.25, 0.3) is 0 Å². The summed E-state index contributed by atoms with van der Waals surface area (Å²) in [6.45, 7) is 13.3. The maximum absolute atomic E-state index is 11.5. The number of halogens is 2. The second kappa shape index (κ2) is 11.2. The van der Waals surface area contributed by atoms with Gasteiger partial charge in [-0.2, -0.15) is 0 Å². The molecule has 0 unspecified atom stereocenters. The molecule has 1 aromatic carbocycles. The summed E-state index contributed by atoms with van der Waals surface area (Å²) in [5.41, 5.74) is 3.78. The molecule has 2 fully saturated rings. The Morgan fingerprint density at radius 2 is 1.89 bits per heavy atom. The molecule has 10 heteroatoms. The summed E-state index contributed by atoms with van der Waals surface area (Å²) in [5, 5.41) is 1.21. The molecule has 4 rings (SSSR count). The lowest BCUT2D eigenvalue weighted by molar-refractivity contribution is 0.0767. The second-order valence-electron chi connectivity index (χ2n) is 9.77. The van der Waals surface area contributed by atoms with Gasteiger partial charge in [0.15, 0.2) is 0 Å². The van der Waals surface area contributed by atoms with Gasteiger partial charge in [-0.3, -0.25) is 9.62 Å². The van der Waals surface area contributed by atoms with Crippen molar-refractivity contribution in [1.82, 2.24) is 14.8 Å². The lowest BCUT2D eigenvalue weighted by atomic mass is 9.96. The molecule has 0 saturated carbocycles. The van der Waals surface area contributed by atoms with E-state index in [1.165, 1.54) is 11.8 Å². The number of hydrogen-bond acceptors (Lipinski definition) is 6. The normalized spacial score (nSPS) is 20.0. The minimum absolute atomic E-state index is 0.374. The van der Waals surface area contributed by atoms with E-state index in [0.717, 1.165) is 74.5 Å². The number of piperidine rings is 1. The molecular formula is C26H35Cl2N5O2S. The van der Waals surface area contributed by atoms with Crippen LogP contribution in [0.1, 0.15) is 37.3 Å². The van der Waals surface area contributed by atoms with Crippen LogP contribution in [0.4, 0.5) is 11.5 Å². The highest BCUT2D eigenvalue weighted by Crippen LogP contribution is 2.32. The molecule has 36 heavy (non-hydrogen) atoms. The van der Waals surface area contributed by atoms with Gasteiger partial charge in [-0.05, 0) is 49.9 Å². The van der Waals surface area contributed by atoms with Crippen LogP contribution in [0, 0.1) is 6.92 Å². The van der Waals surface area contributed by atoms with E-state index in [0.29, 0.717) is 28.6 Å². The number of rotatable bonds is 7. The molecule has 1 N–H and O–H groups in total. The number of pyridine rings is 1. The van der Waals surface area contributed by atoms with Gasteiger partial charge in [-0.1, -0.05) is 42.8 Å². The zero-order valence-electron chi connectivity index (χ0n) is 21.2. The fourth-order valence-electron chi connectivity index (χ4n) is 5.43. The molecule has 0 radical (unpaired) electrons. The summed E-state index contributed by atoms with van der Waals surface area (Å²) in [6.07, 6.45) is 5.89. The number of anilines is 2. The Balaban J connectivity index is 1.37. The number of aryl methyl sites for hydroxylation is 1. The molecule has 0 spiro atoms. The number of nitrogens with zero attached hydrogens (tertiary/aromatic N) is 4. The second-order valence-corrected chi connectivity index (χ2v) is 12.4. The number of nitrogens with one attached hydrogen (secondary N) is 1. The standard InChI is InChI=1S/C26H35Cl2N5O2S/c1-5-22-17-32(26-25(28)15-21(16-29-26)30-36(4,34)35)12-13-33(22)23-8-10-31(11-9-23)19(3)24-7-6-20(27)14-18(24)2/h6-7,14-16,22-23,30H,3,5,8-13,17H2,1-2,4H3/t22-/m0/s1. The maximum atomic E-state index is 11.5. The van der Waals surface area contributed by atoms with Crippen molar-refractivity contribution >= 4 is 50.4 Å². The molecule has 1 aromatic heterocycles. The minimum atomic E-state index is -3.38. The van der Waals surface area contributed by atoms with Gasteiger partial charge in [0.2, 0.25) is 10.0 Å². The van der Waals surface area contributed by atoms with E-state index in [2.05, 4.69) is 50.9 Å². The van der Waals surface area contributed by atoms with E-state index in [4.69, 9.17) is 23.2 Å². The summed E-state index contributed by atoms with van der Waals surface area (Å²) >= 11 is 12.6. The van der Waals surface area contributed by atoms with Crippen molar-refractivity contribution in [2.75, 3.05) is 48.6 Å². The zero-order chi connectivity index (χ0) is 26.0. The third-order valence-corrected chi connectivity index (χ3v) is 8.36.